The Kier molecular flexibility index (Phi) is 2.98. The monoisotopic (exact) mass is 282 g/mol. The Morgan fingerprint density at radius 1 is 1.05 bits per heavy atom. The van der Waals surface area contributed by atoms with Gasteiger partial charge in [-0.15, -0.1) is 0 Å². The molecule has 0 aliphatic carbocycles. The second kappa shape index (κ2) is 4.82. The van der Waals surface area contributed by atoms with Gasteiger partial charge in [0.1, 0.15) is 0 Å². The molecule has 21 heavy (non-hydrogen) atoms. The van der Waals surface area contributed by atoms with Crippen molar-refractivity contribution < 1.29 is 24.5 Å². The number of nitrogens with one attached hydrogen (secondary N) is 1. The molecule has 0 saturated carbocycles. The van der Waals surface area contributed by atoms with E-state index < -0.39 is 17.8 Å². The van der Waals surface area contributed by atoms with E-state index in [0.717, 1.165) is 10.5 Å². The van der Waals surface area contributed by atoms with Crippen LogP contribution < -0.4 is 10.1 Å². The van der Waals surface area contributed by atoms with Gasteiger partial charge < -0.3 is 9.90 Å². The van der Waals surface area contributed by atoms with E-state index in [1.54, 1.807) is 24.5 Å². The Morgan fingerprint density at radius 3 is 2.38 bits per heavy atom. The lowest BCUT2D eigenvalue weighted by Gasteiger charge is -2.12. The lowest BCUT2D eigenvalue weighted by Crippen LogP contribution is -2.29. The van der Waals surface area contributed by atoms with Crippen LogP contribution in [0.2, 0.25) is 0 Å². The molecule has 1 aliphatic heterocycles. The Balaban J connectivity index is 1.95. The number of carbonyl (C=O) groups excluding carboxylic acids is 3. The maximum atomic E-state index is 12.3. The van der Waals surface area contributed by atoms with Crippen LogP contribution in [0.15, 0.2) is 42.7 Å². The summed E-state index contributed by atoms with van der Waals surface area (Å²) in [4.78, 5) is 39.3. The third kappa shape index (κ3) is 2.16. The Morgan fingerprint density at radius 2 is 1.71 bits per heavy atom. The summed E-state index contributed by atoms with van der Waals surface area (Å²) < 4.78 is 0. The number of nitrogens with zero attached hydrogens (tertiary/aromatic N) is 1. The average molecular weight is 282 g/mol. The van der Waals surface area contributed by atoms with Crippen LogP contribution in [-0.4, -0.2) is 22.7 Å². The molecule has 6 nitrogen and oxygen atoms in total. The molecule has 0 atom stereocenters. The summed E-state index contributed by atoms with van der Waals surface area (Å²) >= 11 is 0. The van der Waals surface area contributed by atoms with Gasteiger partial charge in [-0.05, 0) is 23.3 Å². The molecule has 104 valence electrons. The van der Waals surface area contributed by atoms with E-state index in [9.17, 15) is 19.5 Å². The van der Waals surface area contributed by atoms with Gasteiger partial charge in [-0.1, -0.05) is 6.07 Å². The summed E-state index contributed by atoms with van der Waals surface area (Å²) in [6.07, 6.45) is 3.39. The quantitative estimate of drug-likeness (QED) is 0.720. The van der Waals surface area contributed by atoms with E-state index in [4.69, 9.17) is 0 Å². The summed E-state index contributed by atoms with van der Waals surface area (Å²) in [6, 6.07) is 7.32. The number of rotatable bonds is 3. The summed E-state index contributed by atoms with van der Waals surface area (Å²) in [5, 5.41) is 10.8. The van der Waals surface area contributed by atoms with Gasteiger partial charge in [-0.25, -0.2) is 4.98 Å². The number of hydrogen-bond acceptors (Lipinski definition) is 4. The first-order valence-corrected chi connectivity index (χ1v) is 6.24. The highest BCUT2D eigenvalue weighted by Crippen LogP contribution is 2.25. The molecule has 1 aromatic heterocycles. The smallest absolute Gasteiger partial charge is 0.261 e. The average Bonchev–Trinajstić information content (AvgIpc) is 2.73. The molecule has 0 fully saturated rings. The minimum Gasteiger partial charge on any atom is -0.545 e. The van der Waals surface area contributed by atoms with E-state index in [1.165, 1.54) is 18.2 Å². The van der Waals surface area contributed by atoms with Gasteiger partial charge in [0.05, 0.1) is 23.6 Å². The summed E-state index contributed by atoms with van der Waals surface area (Å²) in [6.45, 7) is 0.141. The fourth-order valence-electron chi connectivity index (χ4n) is 2.27. The first-order valence-electron chi connectivity index (χ1n) is 6.24. The maximum absolute atomic E-state index is 12.3. The van der Waals surface area contributed by atoms with Gasteiger partial charge in [0.25, 0.3) is 11.8 Å². The molecule has 6 heteroatoms. The molecule has 1 aromatic carbocycles. The summed E-state index contributed by atoms with van der Waals surface area (Å²) in [5.41, 5.74) is 0.992. The van der Waals surface area contributed by atoms with E-state index in [-0.39, 0.29) is 23.2 Å². The molecule has 2 aromatic rings. The zero-order chi connectivity index (χ0) is 15.0. The van der Waals surface area contributed by atoms with Crippen LogP contribution in [0.25, 0.3) is 0 Å². The number of carbonyl (C=O) groups is 3. The van der Waals surface area contributed by atoms with Gasteiger partial charge >= 0.3 is 0 Å². The standard InChI is InChI=1S/C15H10N2O4/c18-13-11-2-1-10(15(20)21)7-12(11)14(19)17(13)8-9-3-5-16-6-4-9/h1-7H,8H2,(H,20,21). The first kappa shape index (κ1) is 13.0. The second-order valence-electron chi connectivity index (χ2n) is 4.65. The van der Waals surface area contributed by atoms with Crippen molar-refractivity contribution in [2.75, 3.05) is 0 Å². The van der Waals surface area contributed by atoms with Gasteiger partial charge in [0.2, 0.25) is 0 Å². The molecular weight excluding hydrogens is 272 g/mol. The fraction of sp³-hybridized carbons (Fsp3) is 0.0667. The SMILES string of the molecule is O=C([O-])c1ccc2c(c1)C(=O)N(Cc1cc[nH+]cc1)C2=O. The third-order valence-corrected chi connectivity index (χ3v) is 3.33. The molecule has 2 amide bonds. The largest absolute Gasteiger partial charge is 0.545 e. The minimum absolute atomic E-state index is 0.101. The van der Waals surface area contributed by atoms with Gasteiger partial charge in [-0.3, -0.25) is 14.5 Å². The normalized spacial score (nSPS) is 13.4. The van der Waals surface area contributed by atoms with Crippen molar-refractivity contribution in [3.8, 4) is 0 Å². The van der Waals surface area contributed by atoms with Crippen molar-refractivity contribution >= 4 is 17.8 Å². The molecule has 0 radical (unpaired) electrons. The van der Waals surface area contributed by atoms with E-state index >= 15 is 0 Å². The van der Waals surface area contributed by atoms with Gasteiger partial charge in [-0.2, -0.15) is 0 Å². The van der Waals surface area contributed by atoms with Crippen molar-refractivity contribution in [1.82, 2.24) is 4.90 Å². The van der Waals surface area contributed by atoms with Crippen molar-refractivity contribution in [2.45, 2.75) is 6.54 Å². The number of aromatic nitrogens is 1. The fourth-order valence-corrected chi connectivity index (χ4v) is 2.27. The van der Waals surface area contributed by atoms with Crippen LogP contribution >= 0.6 is 0 Å². The number of hydrogen-bond donors (Lipinski definition) is 0. The minimum atomic E-state index is -1.38. The predicted octanol–water partition coefficient (Wildman–Crippen LogP) is -0.340. The number of benzene rings is 1. The van der Waals surface area contributed by atoms with Gasteiger partial charge in [0, 0.05) is 12.1 Å². The highest BCUT2D eigenvalue weighted by atomic mass is 16.4. The predicted molar refractivity (Wildman–Crippen MR) is 68.0 cm³/mol. The Hall–Kier alpha value is -3.02. The molecule has 1 aliphatic rings. The van der Waals surface area contributed by atoms with Gasteiger partial charge in [0.15, 0.2) is 12.4 Å². The number of carboxylic acid groups (broad SMARTS) is 1. The summed E-state index contributed by atoms with van der Waals surface area (Å²) in [5.74, 6) is -2.30. The highest BCUT2D eigenvalue weighted by molar-refractivity contribution is 6.21. The molecule has 0 spiro atoms. The highest BCUT2D eigenvalue weighted by Gasteiger charge is 2.35. The molecule has 0 saturated heterocycles. The zero-order valence-corrected chi connectivity index (χ0v) is 10.8. The van der Waals surface area contributed by atoms with Crippen LogP contribution in [0, 0.1) is 0 Å². The molecular formula is C15H10N2O4. The van der Waals surface area contributed by atoms with Crippen LogP contribution in [0.5, 0.6) is 0 Å². The number of fused-ring (bicyclic) bond motifs is 1. The number of amides is 2. The third-order valence-electron chi connectivity index (χ3n) is 3.33. The summed E-state index contributed by atoms with van der Waals surface area (Å²) in [7, 11) is 0. The number of carboxylic acids is 1. The van der Waals surface area contributed by atoms with E-state index in [0.29, 0.717) is 0 Å². The Bertz CT molecular complexity index is 756. The maximum Gasteiger partial charge on any atom is 0.261 e. The Labute approximate surface area is 119 Å². The van der Waals surface area contributed by atoms with E-state index in [2.05, 4.69) is 4.98 Å². The molecule has 0 bridgehead atoms. The molecule has 3 rings (SSSR count). The lowest BCUT2D eigenvalue weighted by molar-refractivity contribution is -0.378. The molecule has 2 heterocycles. The van der Waals surface area contributed by atoms with Crippen LogP contribution in [-0.2, 0) is 6.54 Å². The lowest BCUT2D eigenvalue weighted by atomic mass is 10.1. The number of imide groups is 1. The van der Waals surface area contributed by atoms with Crippen LogP contribution in [0.1, 0.15) is 36.6 Å². The topological polar surface area (TPSA) is 91.7 Å². The van der Waals surface area contributed by atoms with Crippen molar-refractivity contribution in [3.63, 3.8) is 0 Å². The number of pyridine rings is 1. The van der Waals surface area contributed by atoms with Crippen LogP contribution in [0.4, 0.5) is 0 Å². The van der Waals surface area contributed by atoms with Crippen LogP contribution in [0.3, 0.4) is 0 Å². The first-order chi connectivity index (χ1) is 10.1. The number of aromatic carboxylic acids is 1. The van der Waals surface area contributed by atoms with Crippen molar-refractivity contribution in [2.24, 2.45) is 0 Å². The van der Waals surface area contributed by atoms with E-state index in [1.807, 2.05) is 0 Å². The number of H-pyrrole nitrogens is 1. The van der Waals surface area contributed by atoms with Crippen molar-refractivity contribution in [1.29, 1.82) is 0 Å². The van der Waals surface area contributed by atoms with Crippen molar-refractivity contribution in [3.05, 3.63) is 65.0 Å². The second-order valence-corrected chi connectivity index (χ2v) is 4.65. The molecule has 1 N–H and O–H groups in total. The molecule has 0 unspecified atom stereocenters. The zero-order valence-electron chi connectivity index (χ0n) is 10.8. The number of aromatic amines is 1.